The van der Waals surface area contributed by atoms with Gasteiger partial charge in [-0.1, -0.05) is 0 Å². The van der Waals surface area contributed by atoms with Crippen LogP contribution in [0.2, 0.25) is 0 Å². The van der Waals surface area contributed by atoms with Crippen molar-refractivity contribution in [3.05, 3.63) is 35.4 Å². The lowest BCUT2D eigenvalue weighted by Gasteiger charge is -2.06. The summed E-state index contributed by atoms with van der Waals surface area (Å²) in [4.78, 5) is 0. The number of aromatic nitrogens is 4. The number of halogens is 2. The van der Waals surface area contributed by atoms with Crippen LogP contribution < -0.4 is 0 Å². The van der Waals surface area contributed by atoms with Gasteiger partial charge >= 0.3 is 0 Å². The third kappa shape index (κ3) is 2.04. The monoisotopic (exact) mass is 240 g/mol. The largest absolute Gasteiger partial charge is 0.207 e. The first kappa shape index (κ1) is 11.0. The Hall–Kier alpha value is -1.49. The third-order valence-corrected chi connectivity index (χ3v) is 2.32. The fraction of sp³-hybridized carbons (Fsp3) is 0.300. The van der Waals surface area contributed by atoms with Crippen LogP contribution in [-0.2, 0) is 0 Å². The number of alkyl halides is 1. The lowest BCUT2D eigenvalue weighted by Crippen LogP contribution is -2.04. The zero-order chi connectivity index (χ0) is 11.7. The van der Waals surface area contributed by atoms with Crippen molar-refractivity contribution in [2.75, 3.05) is 0 Å². The molecule has 0 aliphatic rings. The van der Waals surface area contributed by atoms with Crippen LogP contribution in [0.5, 0.6) is 0 Å². The van der Waals surface area contributed by atoms with Crippen LogP contribution in [0, 0.1) is 12.7 Å². The van der Waals surface area contributed by atoms with Crippen molar-refractivity contribution in [2.45, 2.75) is 19.2 Å². The minimum atomic E-state index is -0.335. The summed E-state index contributed by atoms with van der Waals surface area (Å²) in [6.45, 7) is 3.57. The van der Waals surface area contributed by atoms with Crippen molar-refractivity contribution in [1.82, 2.24) is 20.2 Å². The summed E-state index contributed by atoms with van der Waals surface area (Å²) in [6.07, 6.45) is 0. The first-order valence-corrected chi connectivity index (χ1v) is 5.21. The molecule has 0 radical (unpaired) electrons. The molecule has 0 saturated heterocycles. The van der Waals surface area contributed by atoms with E-state index >= 15 is 0 Å². The summed E-state index contributed by atoms with van der Waals surface area (Å²) >= 11 is 5.92. The van der Waals surface area contributed by atoms with E-state index in [4.69, 9.17) is 11.6 Å². The Labute approximate surface area is 97.0 Å². The number of nitrogens with zero attached hydrogens (tertiary/aromatic N) is 4. The lowest BCUT2D eigenvalue weighted by molar-refractivity contribution is 0.622. The lowest BCUT2D eigenvalue weighted by atomic mass is 10.2. The smallest absolute Gasteiger partial charge is 0.174 e. The molecule has 0 aliphatic heterocycles. The van der Waals surface area contributed by atoms with E-state index in [1.807, 2.05) is 0 Å². The summed E-state index contributed by atoms with van der Waals surface area (Å²) in [5, 5.41) is 10.8. The molecule has 2 aromatic rings. The molecule has 0 fully saturated rings. The van der Waals surface area contributed by atoms with Crippen molar-refractivity contribution in [3.63, 3.8) is 0 Å². The molecule has 0 bridgehead atoms. The molecule has 0 saturated carbocycles. The van der Waals surface area contributed by atoms with Crippen LogP contribution in [0.4, 0.5) is 4.39 Å². The third-order valence-electron chi connectivity index (χ3n) is 2.12. The summed E-state index contributed by atoms with van der Waals surface area (Å²) in [7, 11) is 0. The van der Waals surface area contributed by atoms with E-state index in [0.717, 1.165) is 5.56 Å². The highest BCUT2D eigenvalue weighted by atomic mass is 35.5. The minimum absolute atomic E-state index is 0.321. The predicted molar refractivity (Wildman–Crippen MR) is 58.1 cm³/mol. The summed E-state index contributed by atoms with van der Waals surface area (Å²) < 4.78 is 14.7. The highest BCUT2D eigenvalue weighted by Gasteiger charge is 2.13. The zero-order valence-electron chi connectivity index (χ0n) is 8.85. The summed E-state index contributed by atoms with van der Waals surface area (Å²) in [5.74, 6) is 0.172. The first-order chi connectivity index (χ1) is 7.58. The molecule has 1 unspecified atom stereocenters. The van der Waals surface area contributed by atoms with Gasteiger partial charge in [0.25, 0.3) is 0 Å². The SMILES string of the molecule is Cc1cc(F)cc(-n2nnnc2C(C)Cl)c1. The van der Waals surface area contributed by atoms with Gasteiger partial charge in [-0.15, -0.1) is 16.7 Å². The number of hydrogen-bond acceptors (Lipinski definition) is 3. The molecule has 0 N–H and O–H groups in total. The average Bonchev–Trinajstić information content (AvgIpc) is 2.63. The molecular weight excluding hydrogens is 231 g/mol. The molecule has 4 nitrogen and oxygen atoms in total. The molecule has 84 valence electrons. The molecule has 0 amide bonds. The maximum atomic E-state index is 13.2. The number of aryl methyl sites for hydroxylation is 1. The maximum absolute atomic E-state index is 13.2. The first-order valence-electron chi connectivity index (χ1n) is 4.78. The van der Waals surface area contributed by atoms with Crippen molar-refractivity contribution >= 4 is 11.6 Å². The molecule has 0 aliphatic carbocycles. The zero-order valence-corrected chi connectivity index (χ0v) is 9.61. The Morgan fingerprint density at radius 1 is 1.38 bits per heavy atom. The highest BCUT2D eigenvalue weighted by Crippen LogP contribution is 2.20. The molecule has 1 atom stereocenters. The fourth-order valence-electron chi connectivity index (χ4n) is 1.47. The molecule has 1 heterocycles. The molecule has 6 heteroatoms. The Morgan fingerprint density at radius 2 is 2.12 bits per heavy atom. The normalized spacial score (nSPS) is 12.8. The quantitative estimate of drug-likeness (QED) is 0.757. The van der Waals surface area contributed by atoms with Crippen LogP contribution in [0.3, 0.4) is 0 Å². The highest BCUT2D eigenvalue weighted by molar-refractivity contribution is 6.20. The van der Waals surface area contributed by atoms with Gasteiger partial charge in [0, 0.05) is 0 Å². The van der Waals surface area contributed by atoms with Crippen LogP contribution in [-0.4, -0.2) is 20.2 Å². The Balaban J connectivity index is 2.54. The van der Waals surface area contributed by atoms with E-state index in [1.165, 1.54) is 16.8 Å². The van der Waals surface area contributed by atoms with Gasteiger partial charge in [-0.3, -0.25) is 0 Å². The van der Waals surface area contributed by atoms with E-state index in [9.17, 15) is 4.39 Å². The standard InChI is InChI=1S/C10H10ClFN4/c1-6-3-8(12)5-9(4-6)16-10(7(2)11)13-14-15-16/h3-5,7H,1-2H3. The number of benzene rings is 1. The van der Waals surface area contributed by atoms with Gasteiger partial charge in [-0.05, 0) is 48.0 Å². The molecule has 1 aromatic heterocycles. The number of hydrogen-bond donors (Lipinski definition) is 0. The summed E-state index contributed by atoms with van der Waals surface area (Å²) in [6, 6.07) is 4.60. The molecular formula is C10H10ClFN4. The van der Waals surface area contributed by atoms with Gasteiger partial charge in [0.15, 0.2) is 5.82 Å². The van der Waals surface area contributed by atoms with Gasteiger partial charge in [0.05, 0.1) is 11.1 Å². The van der Waals surface area contributed by atoms with E-state index in [2.05, 4.69) is 15.5 Å². The predicted octanol–water partition coefficient (Wildman–Crippen LogP) is 2.41. The van der Waals surface area contributed by atoms with Crippen LogP contribution >= 0.6 is 11.6 Å². The second-order valence-corrected chi connectivity index (χ2v) is 4.21. The van der Waals surface area contributed by atoms with Gasteiger partial charge in [0.2, 0.25) is 0 Å². The van der Waals surface area contributed by atoms with Gasteiger partial charge < -0.3 is 0 Å². The van der Waals surface area contributed by atoms with Crippen LogP contribution in [0.25, 0.3) is 5.69 Å². The maximum Gasteiger partial charge on any atom is 0.174 e. The van der Waals surface area contributed by atoms with Crippen molar-refractivity contribution in [2.24, 2.45) is 0 Å². The second-order valence-electron chi connectivity index (χ2n) is 3.55. The average molecular weight is 241 g/mol. The minimum Gasteiger partial charge on any atom is -0.207 e. The van der Waals surface area contributed by atoms with E-state index in [-0.39, 0.29) is 11.2 Å². The van der Waals surface area contributed by atoms with Crippen LogP contribution in [0.15, 0.2) is 18.2 Å². The molecule has 16 heavy (non-hydrogen) atoms. The summed E-state index contributed by atoms with van der Waals surface area (Å²) in [5.41, 5.74) is 1.38. The van der Waals surface area contributed by atoms with Crippen molar-refractivity contribution < 1.29 is 4.39 Å². The molecule has 0 spiro atoms. The Bertz CT molecular complexity index is 489. The van der Waals surface area contributed by atoms with E-state index in [1.54, 1.807) is 19.9 Å². The van der Waals surface area contributed by atoms with Gasteiger partial charge in [-0.2, -0.15) is 4.68 Å². The van der Waals surface area contributed by atoms with E-state index in [0.29, 0.717) is 11.5 Å². The van der Waals surface area contributed by atoms with Crippen LogP contribution in [0.1, 0.15) is 23.7 Å². The molecule has 1 aromatic carbocycles. The van der Waals surface area contributed by atoms with Gasteiger partial charge in [-0.25, -0.2) is 4.39 Å². The number of tetrazole rings is 1. The van der Waals surface area contributed by atoms with Gasteiger partial charge in [0.1, 0.15) is 5.82 Å². The van der Waals surface area contributed by atoms with Crippen molar-refractivity contribution in [1.29, 1.82) is 0 Å². The Morgan fingerprint density at radius 3 is 2.75 bits per heavy atom. The topological polar surface area (TPSA) is 43.6 Å². The number of rotatable bonds is 2. The van der Waals surface area contributed by atoms with Crippen molar-refractivity contribution in [3.8, 4) is 5.69 Å². The van der Waals surface area contributed by atoms with E-state index < -0.39 is 0 Å². The second kappa shape index (κ2) is 4.17. The molecule has 2 rings (SSSR count). The Kier molecular flexibility index (Phi) is 2.87. The fourth-order valence-corrected chi connectivity index (χ4v) is 1.60.